The molecule has 0 aromatic heterocycles. The third kappa shape index (κ3) is 7.03. The highest BCUT2D eigenvalue weighted by molar-refractivity contribution is 6.42. The summed E-state index contributed by atoms with van der Waals surface area (Å²) in [6.07, 6.45) is -3.18. The Hall–Kier alpha value is -1.51. The van der Waals surface area contributed by atoms with E-state index in [1.165, 1.54) is 12.1 Å². The molecule has 166 valence electrons. The van der Waals surface area contributed by atoms with Crippen LogP contribution >= 0.6 is 23.2 Å². The molecular formula is C21H24Cl2F3NO3. The molecular weight excluding hydrogens is 442 g/mol. The van der Waals surface area contributed by atoms with Gasteiger partial charge in [-0.25, -0.2) is 0 Å². The maximum absolute atomic E-state index is 13.5. The van der Waals surface area contributed by atoms with E-state index in [2.05, 4.69) is 0 Å². The first kappa shape index (κ1) is 24.8. The van der Waals surface area contributed by atoms with Gasteiger partial charge in [-0.05, 0) is 61.1 Å². The number of aliphatic hydroxyl groups excluding tert-OH is 2. The van der Waals surface area contributed by atoms with Gasteiger partial charge >= 0.3 is 6.18 Å². The minimum atomic E-state index is -4.58. The number of benzene rings is 2. The fourth-order valence-electron chi connectivity index (χ4n) is 2.83. The molecule has 0 bridgehead atoms. The molecule has 30 heavy (non-hydrogen) atoms. The highest BCUT2D eigenvalue weighted by Gasteiger charge is 2.35. The van der Waals surface area contributed by atoms with Gasteiger partial charge in [0.2, 0.25) is 0 Å². The lowest BCUT2D eigenvalue weighted by Gasteiger charge is -2.24. The van der Waals surface area contributed by atoms with Crippen molar-refractivity contribution in [3.05, 3.63) is 63.1 Å². The molecule has 4 nitrogen and oxygen atoms in total. The molecule has 9 heteroatoms. The molecule has 0 radical (unpaired) electrons. The second-order valence-electron chi connectivity index (χ2n) is 7.21. The molecule has 2 aromatic rings. The van der Waals surface area contributed by atoms with Gasteiger partial charge in [0.25, 0.3) is 0 Å². The highest BCUT2D eigenvalue weighted by Crippen LogP contribution is 2.37. The summed E-state index contributed by atoms with van der Waals surface area (Å²) in [7, 11) is 0. The summed E-state index contributed by atoms with van der Waals surface area (Å²) >= 11 is 11.8. The molecule has 0 aliphatic rings. The van der Waals surface area contributed by atoms with Crippen LogP contribution in [-0.4, -0.2) is 35.6 Å². The van der Waals surface area contributed by atoms with Crippen molar-refractivity contribution in [3.63, 3.8) is 0 Å². The molecule has 0 atom stereocenters. The highest BCUT2D eigenvalue weighted by atomic mass is 35.5. The van der Waals surface area contributed by atoms with Gasteiger partial charge in [0.1, 0.15) is 5.75 Å². The molecule has 0 unspecified atom stereocenters. The zero-order valence-corrected chi connectivity index (χ0v) is 17.7. The van der Waals surface area contributed by atoms with Crippen LogP contribution in [0.15, 0.2) is 36.4 Å². The van der Waals surface area contributed by atoms with E-state index < -0.39 is 30.5 Å². The summed E-state index contributed by atoms with van der Waals surface area (Å²) in [6.45, 7) is -0.824. The normalized spacial score (nSPS) is 12.3. The third-order valence-corrected chi connectivity index (χ3v) is 5.48. The lowest BCUT2D eigenvalue weighted by molar-refractivity contribution is -0.139. The average molecular weight is 466 g/mol. The smallest absolute Gasteiger partial charge is 0.419 e. The second-order valence-corrected chi connectivity index (χ2v) is 8.02. The quantitative estimate of drug-likeness (QED) is 0.446. The molecule has 0 amide bonds. The van der Waals surface area contributed by atoms with E-state index in [-0.39, 0.29) is 25.2 Å². The van der Waals surface area contributed by atoms with Crippen LogP contribution in [0.2, 0.25) is 10.0 Å². The molecule has 0 aliphatic carbocycles. The summed E-state index contributed by atoms with van der Waals surface area (Å²) in [6, 6.07) is 9.02. The Labute approximate surface area is 183 Å². The summed E-state index contributed by atoms with van der Waals surface area (Å²) < 4.78 is 45.8. The number of rotatable bonds is 10. The Morgan fingerprint density at radius 2 is 1.53 bits per heavy atom. The van der Waals surface area contributed by atoms with E-state index in [1.807, 2.05) is 0 Å². The fourth-order valence-corrected chi connectivity index (χ4v) is 3.16. The van der Waals surface area contributed by atoms with Crippen LogP contribution in [0.3, 0.4) is 0 Å². The molecule has 2 aromatic carbocycles. The molecule has 0 fully saturated rings. The van der Waals surface area contributed by atoms with Gasteiger partial charge in [-0.2, -0.15) is 13.2 Å². The third-order valence-electron chi connectivity index (χ3n) is 4.74. The molecule has 0 aliphatic heterocycles. The van der Waals surface area contributed by atoms with Crippen LogP contribution in [0.5, 0.6) is 5.75 Å². The van der Waals surface area contributed by atoms with E-state index >= 15 is 0 Å². The van der Waals surface area contributed by atoms with Gasteiger partial charge in [0.15, 0.2) is 0 Å². The van der Waals surface area contributed by atoms with Crippen molar-refractivity contribution in [1.82, 2.24) is 0 Å². The number of ether oxygens (including phenoxy) is 1. The number of hydrogen-bond donors (Lipinski definition) is 3. The van der Waals surface area contributed by atoms with Crippen molar-refractivity contribution in [3.8, 4) is 5.75 Å². The number of nitrogens with two attached hydrogens (primary N) is 1. The lowest BCUT2D eigenvalue weighted by Crippen LogP contribution is -2.47. The first-order chi connectivity index (χ1) is 14.1. The predicted octanol–water partition coefficient (Wildman–Crippen LogP) is 4.64. The van der Waals surface area contributed by atoms with Crippen LogP contribution in [0.4, 0.5) is 13.2 Å². The van der Waals surface area contributed by atoms with Gasteiger partial charge < -0.3 is 20.7 Å². The van der Waals surface area contributed by atoms with Crippen LogP contribution in [0.25, 0.3) is 0 Å². The molecule has 2 rings (SSSR count). The van der Waals surface area contributed by atoms with Gasteiger partial charge in [0, 0.05) is 0 Å². The maximum Gasteiger partial charge on any atom is 0.419 e. The summed E-state index contributed by atoms with van der Waals surface area (Å²) in [5.41, 5.74) is 4.98. The molecule has 0 spiro atoms. The Kier molecular flexibility index (Phi) is 8.82. The second kappa shape index (κ2) is 10.7. The molecule has 0 heterocycles. The Balaban J connectivity index is 2.01. The number of alkyl halides is 3. The summed E-state index contributed by atoms with van der Waals surface area (Å²) in [4.78, 5) is 0. The maximum atomic E-state index is 13.5. The SMILES string of the molecule is NC(CO)(CO)CCc1ccc(OCCCc2ccc(Cl)c(Cl)c2)c(C(F)(F)F)c1. The van der Waals surface area contributed by atoms with E-state index in [0.29, 0.717) is 28.5 Å². The van der Waals surface area contributed by atoms with Crippen LogP contribution < -0.4 is 10.5 Å². The number of halogens is 5. The number of hydrogen-bond acceptors (Lipinski definition) is 4. The average Bonchev–Trinajstić information content (AvgIpc) is 2.71. The minimum Gasteiger partial charge on any atom is -0.493 e. The van der Waals surface area contributed by atoms with Crippen LogP contribution in [0, 0.1) is 0 Å². The van der Waals surface area contributed by atoms with E-state index in [0.717, 1.165) is 11.6 Å². The standard InChI is InChI=1S/C21H24Cl2F3NO3/c22-17-5-3-14(11-18(17)23)2-1-9-30-19-6-4-15(10-16(19)21(24,25)26)7-8-20(27,12-28)13-29/h3-6,10-11,28-29H,1-2,7-9,12-13,27H2. The van der Waals surface area contributed by atoms with Crippen molar-refractivity contribution < 1.29 is 28.1 Å². The molecule has 4 N–H and O–H groups in total. The Morgan fingerprint density at radius 1 is 0.900 bits per heavy atom. The van der Waals surface area contributed by atoms with Crippen molar-refractivity contribution in [2.24, 2.45) is 5.73 Å². The number of aryl methyl sites for hydroxylation is 2. The topological polar surface area (TPSA) is 75.7 Å². The largest absolute Gasteiger partial charge is 0.493 e. The van der Waals surface area contributed by atoms with Gasteiger partial charge in [0.05, 0.1) is 41.0 Å². The van der Waals surface area contributed by atoms with Crippen molar-refractivity contribution in [2.75, 3.05) is 19.8 Å². The fraction of sp³-hybridized carbons (Fsp3) is 0.429. The van der Waals surface area contributed by atoms with Crippen LogP contribution in [-0.2, 0) is 19.0 Å². The van der Waals surface area contributed by atoms with Gasteiger partial charge in [-0.1, -0.05) is 35.3 Å². The zero-order valence-electron chi connectivity index (χ0n) is 16.2. The van der Waals surface area contributed by atoms with Gasteiger partial charge in [-0.3, -0.25) is 0 Å². The van der Waals surface area contributed by atoms with E-state index in [4.69, 9.17) is 33.7 Å². The van der Waals surface area contributed by atoms with E-state index in [9.17, 15) is 23.4 Å². The van der Waals surface area contributed by atoms with Crippen molar-refractivity contribution >= 4 is 23.2 Å². The summed E-state index contributed by atoms with van der Waals surface area (Å²) in [5.74, 6) is -0.247. The Morgan fingerprint density at radius 3 is 2.13 bits per heavy atom. The minimum absolute atomic E-state index is 0.101. The molecule has 0 saturated carbocycles. The predicted molar refractivity (Wildman–Crippen MR) is 111 cm³/mol. The van der Waals surface area contributed by atoms with Gasteiger partial charge in [-0.15, -0.1) is 0 Å². The Bertz CT molecular complexity index is 843. The van der Waals surface area contributed by atoms with Crippen LogP contribution in [0.1, 0.15) is 29.5 Å². The number of aliphatic hydroxyl groups is 2. The first-order valence-corrected chi connectivity index (χ1v) is 10.1. The zero-order chi connectivity index (χ0) is 22.4. The van der Waals surface area contributed by atoms with E-state index in [1.54, 1.807) is 18.2 Å². The first-order valence-electron chi connectivity index (χ1n) is 9.35. The summed E-state index contributed by atoms with van der Waals surface area (Å²) in [5, 5.41) is 19.3. The molecule has 0 saturated heterocycles. The van der Waals surface area contributed by atoms with Crippen molar-refractivity contribution in [1.29, 1.82) is 0 Å². The van der Waals surface area contributed by atoms with Crippen molar-refractivity contribution in [2.45, 2.75) is 37.4 Å². The lowest BCUT2D eigenvalue weighted by atomic mass is 9.93. The monoisotopic (exact) mass is 465 g/mol.